The fourth-order valence-electron chi connectivity index (χ4n) is 3.11. The lowest BCUT2D eigenvalue weighted by atomic mass is 10.0. The van der Waals surface area contributed by atoms with Gasteiger partial charge in [0.15, 0.2) is 12.3 Å². The molecular formula is C21H23Cl2N3O7. The summed E-state index contributed by atoms with van der Waals surface area (Å²) in [4.78, 5) is 34.3. The Labute approximate surface area is 200 Å². The first kappa shape index (κ1) is 26.1. The minimum absolute atomic E-state index is 0.0527. The number of halogens is 2. The Bertz CT molecular complexity index is 1060. The van der Waals surface area contributed by atoms with Gasteiger partial charge in [-0.25, -0.2) is 4.79 Å². The number of ether oxygens (including phenoxy) is 2. The van der Waals surface area contributed by atoms with Crippen LogP contribution in [0.3, 0.4) is 0 Å². The normalized spacial score (nSPS) is 10.7. The van der Waals surface area contributed by atoms with Gasteiger partial charge in [-0.15, -0.1) is 0 Å². The van der Waals surface area contributed by atoms with Crippen LogP contribution in [-0.4, -0.2) is 28.5 Å². The van der Waals surface area contributed by atoms with Gasteiger partial charge < -0.3 is 14.8 Å². The quantitative estimate of drug-likeness (QED) is 0.231. The van der Waals surface area contributed by atoms with Crippen molar-refractivity contribution >= 4 is 46.2 Å². The molecular weight excluding hydrogens is 477 g/mol. The molecule has 178 valence electrons. The molecule has 0 radical (unpaired) electrons. The smallest absolute Gasteiger partial charge is 0.344 e. The van der Waals surface area contributed by atoms with Crippen LogP contribution in [0.1, 0.15) is 37.8 Å². The third-order valence-corrected chi connectivity index (χ3v) is 5.47. The molecule has 12 heteroatoms. The average molecular weight is 500 g/mol. The molecule has 0 spiro atoms. The van der Waals surface area contributed by atoms with Gasteiger partial charge in [0.1, 0.15) is 12.4 Å². The zero-order chi connectivity index (χ0) is 24.7. The van der Waals surface area contributed by atoms with Gasteiger partial charge in [-0.05, 0) is 43.5 Å². The number of nitrogens with one attached hydrogen (secondary N) is 1. The third-order valence-electron chi connectivity index (χ3n) is 4.94. The van der Waals surface area contributed by atoms with E-state index >= 15 is 0 Å². The summed E-state index contributed by atoms with van der Waals surface area (Å²) in [6, 6.07) is 5.48. The number of aryl methyl sites for hydroxylation is 1. The van der Waals surface area contributed by atoms with Gasteiger partial charge in [-0.2, -0.15) is 0 Å². The summed E-state index contributed by atoms with van der Waals surface area (Å²) in [6.45, 7) is 4.24. The van der Waals surface area contributed by atoms with Crippen molar-refractivity contribution in [1.82, 2.24) is 0 Å². The Morgan fingerprint density at radius 1 is 1.12 bits per heavy atom. The van der Waals surface area contributed by atoms with Crippen LogP contribution in [-0.2, 0) is 16.1 Å². The monoisotopic (exact) mass is 499 g/mol. The van der Waals surface area contributed by atoms with Crippen molar-refractivity contribution in [3.05, 3.63) is 65.7 Å². The second kappa shape index (κ2) is 11.7. The average Bonchev–Trinajstić information content (AvgIpc) is 2.75. The van der Waals surface area contributed by atoms with Crippen LogP contribution in [0.2, 0.25) is 10.0 Å². The summed E-state index contributed by atoms with van der Waals surface area (Å²) in [5.74, 6) is -0.588. The molecule has 0 unspecified atom stereocenters. The van der Waals surface area contributed by atoms with Gasteiger partial charge in [0.25, 0.3) is 5.69 Å². The van der Waals surface area contributed by atoms with Gasteiger partial charge in [0.05, 0.1) is 20.4 Å². The van der Waals surface area contributed by atoms with Crippen LogP contribution in [0, 0.1) is 27.2 Å². The second-order valence-electron chi connectivity index (χ2n) is 7.11. The first-order valence-corrected chi connectivity index (χ1v) is 10.8. The highest BCUT2D eigenvalue weighted by Crippen LogP contribution is 2.40. The summed E-state index contributed by atoms with van der Waals surface area (Å²) in [6.07, 6.45) is 1.21. The van der Waals surface area contributed by atoms with Gasteiger partial charge in [-0.1, -0.05) is 37.0 Å². The van der Waals surface area contributed by atoms with E-state index in [1.807, 2.05) is 13.8 Å². The van der Waals surface area contributed by atoms with Gasteiger partial charge in [-0.3, -0.25) is 20.2 Å². The number of carbonyl (C=O) groups is 1. The topological polar surface area (TPSA) is 134 Å². The Balaban J connectivity index is 2.28. The summed E-state index contributed by atoms with van der Waals surface area (Å²) >= 11 is 11.8. The minimum atomic E-state index is -0.803. The number of nitro benzene ring substituents is 2. The Kier molecular flexibility index (Phi) is 9.24. The number of hydrogen-bond donors (Lipinski definition) is 1. The molecule has 33 heavy (non-hydrogen) atoms. The molecule has 0 saturated carbocycles. The molecule has 0 amide bonds. The van der Waals surface area contributed by atoms with Crippen molar-refractivity contribution in [2.75, 3.05) is 11.9 Å². The molecule has 2 aromatic carbocycles. The second-order valence-corrected chi connectivity index (χ2v) is 7.95. The van der Waals surface area contributed by atoms with Crippen LogP contribution in [0.15, 0.2) is 24.3 Å². The van der Waals surface area contributed by atoms with Crippen molar-refractivity contribution in [3.8, 4) is 5.75 Å². The van der Waals surface area contributed by atoms with E-state index in [1.54, 1.807) is 0 Å². The standard InChI is InChI=1S/C21H23Cl2N3O7/c1-4-14(5-2)24-20-17(25(28)29)8-12(3)15(21(20)26(30)31)10-33-19(27)11-32-18-7-6-13(22)9-16(18)23/h6-9,14,24H,4-5,10-11H2,1-3H3. The van der Waals surface area contributed by atoms with Crippen molar-refractivity contribution < 1.29 is 24.1 Å². The van der Waals surface area contributed by atoms with Crippen LogP contribution in [0.5, 0.6) is 5.75 Å². The van der Waals surface area contributed by atoms with Crippen LogP contribution >= 0.6 is 23.2 Å². The highest BCUT2D eigenvalue weighted by atomic mass is 35.5. The lowest BCUT2D eigenvalue weighted by Crippen LogP contribution is -2.20. The number of nitrogens with zero attached hydrogens (tertiary/aromatic N) is 2. The lowest BCUT2D eigenvalue weighted by molar-refractivity contribution is -0.393. The zero-order valence-electron chi connectivity index (χ0n) is 18.2. The molecule has 0 aromatic heterocycles. The van der Waals surface area contributed by atoms with E-state index in [4.69, 9.17) is 32.7 Å². The van der Waals surface area contributed by atoms with Gasteiger partial charge in [0, 0.05) is 17.1 Å². The number of nitro groups is 2. The first-order valence-electron chi connectivity index (χ1n) is 10.0. The van der Waals surface area contributed by atoms with Crippen LogP contribution < -0.4 is 10.1 Å². The number of esters is 1. The number of anilines is 1. The molecule has 0 saturated heterocycles. The molecule has 0 aliphatic heterocycles. The number of hydrogen-bond acceptors (Lipinski definition) is 8. The predicted molar refractivity (Wildman–Crippen MR) is 124 cm³/mol. The molecule has 10 nitrogen and oxygen atoms in total. The molecule has 0 heterocycles. The minimum Gasteiger partial charge on any atom is -0.480 e. The number of benzene rings is 2. The van der Waals surface area contributed by atoms with Gasteiger partial charge >= 0.3 is 11.7 Å². The fraction of sp³-hybridized carbons (Fsp3) is 0.381. The summed E-state index contributed by atoms with van der Waals surface area (Å²) in [5, 5.41) is 27.0. The van der Waals surface area contributed by atoms with Crippen LogP contribution in [0.25, 0.3) is 0 Å². The Morgan fingerprint density at radius 3 is 2.33 bits per heavy atom. The summed E-state index contributed by atoms with van der Waals surface area (Å²) in [7, 11) is 0. The molecule has 2 aromatic rings. The maximum atomic E-state index is 12.2. The Morgan fingerprint density at radius 2 is 1.79 bits per heavy atom. The summed E-state index contributed by atoms with van der Waals surface area (Å²) in [5.41, 5.74) is -0.820. The summed E-state index contributed by atoms with van der Waals surface area (Å²) < 4.78 is 10.5. The third kappa shape index (κ3) is 6.69. The van der Waals surface area contributed by atoms with Gasteiger partial charge in [0.2, 0.25) is 0 Å². The van der Waals surface area contributed by atoms with E-state index in [1.165, 1.54) is 31.2 Å². The zero-order valence-corrected chi connectivity index (χ0v) is 19.7. The molecule has 0 fully saturated rings. The molecule has 2 rings (SSSR count). The maximum absolute atomic E-state index is 12.2. The van der Waals surface area contributed by atoms with E-state index in [9.17, 15) is 25.0 Å². The number of carbonyl (C=O) groups excluding carboxylic acids is 1. The SMILES string of the molecule is CCC(CC)Nc1c([N+](=O)[O-])cc(C)c(COC(=O)COc2ccc(Cl)cc2Cl)c1[N+](=O)[O-]. The largest absolute Gasteiger partial charge is 0.480 e. The number of rotatable bonds is 11. The van der Waals surface area contributed by atoms with E-state index in [2.05, 4.69) is 5.32 Å². The molecule has 0 aliphatic carbocycles. The van der Waals surface area contributed by atoms with Crippen molar-refractivity contribution in [2.45, 2.75) is 46.3 Å². The predicted octanol–water partition coefficient (Wildman–Crippen LogP) is 5.84. The molecule has 0 bridgehead atoms. The van der Waals surface area contributed by atoms with E-state index in [-0.39, 0.29) is 33.6 Å². The van der Waals surface area contributed by atoms with E-state index in [0.29, 0.717) is 17.9 Å². The first-order chi connectivity index (χ1) is 15.6. The molecule has 1 N–H and O–H groups in total. The van der Waals surface area contributed by atoms with Crippen molar-refractivity contribution in [1.29, 1.82) is 0 Å². The highest BCUT2D eigenvalue weighted by Gasteiger charge is 2.32. The molecule has 0 atom stereocenters. The van der Waals surface area contributed by atoms with E-state index in [0.717, 1.165) is 0 Å². The Hall–Kier alpha value is -3.11. The van der Waals surface area contributed by atoms with Crippen LogP contribution in [0.4, 0.5) is 17.1 Å². The van der Waals surface area contributed by atoms with Crippen molar-refractivity contribution in [2.24, 2.45) is 0 Å². The lowest BCUT2D eigenvalue weighted by Gasteiger charge is -2.18. The fourth-order valence-corrected chi connectivity index (χ4v) is 3.58. The van der Waals surface area contributed by atoms with E-state index < -0.39 is 40.4 Å². The molecule has 0 aliphatic rings. The highest BCUT2D eigenvalue weighted by molar-refractivity contribution is 6.35. The van der Waals surface area contributed by atoms with Crippen molar-refractivity contribution in [3.63, 3.8) is 0 Å². The maximum Gasteiger partial charge on any atom is 0.344 e.